The molecule has 0 saturated heterocycles. The van der Waals surface area contributed by atoms with E-state index < -0.39 is 0 Å². The van der Waals surface area contributed by atoms with Gasteiger partial charge < -0.3 is 9.84 Å². The van der Waals surface area contributed by atoms with E-state index in [0.717, 1.165) is 29.9 Å². The number of hydrogen-bond acceptors (Lipinski definition) is 2. The molecule has 0 unspecified atom stereocenters. The number of fused-ring (bicyclic) bond motifs is 1. The predicted octanol–water partition coefficient (Wildman–Crippen LogP) is 2.72. The van der Waals surface area contributed by atoms with Gasteiger partial charge in [0.05, 0.1) is 6.61 Å². The summed E-state index contributed by atoms with van der Waals surface area (Å²) in [5.74, 6) is 1.43. The lowest BCUT2D eigenvalue weighted by molar-refractivity contribution is 0.205. The van der Waals surface area contributed by atoms with Crippen molar-refractivity contribution >= 4 is 0 Å². The first-order valence-electron chi connectivity index (χ1n) is 5.56. The molecule has 0 radical (unpaired) electrons. The molecule has 15 heavy (non-hydrogen) atoms. The minimum Gasteiger partial charge on any atom is -0.508 e. The van der Waals surface area contributed by atoms with Gasteiger partial charge in [-0.05, 0) is 55.9 Å². The fourth-order valence-corrected chi connectivity index (χ4v) is 2.45. The van der Waals surface area contributed by atoms with E-state index >= 15 is 0 Å². The maximum atomic E-state index is 9.79. The number of phenolic OH excluding ortho intramolecular Hbond substituents is 1. The minimum atomic E-state index is 0.410. The van der Waals surface area contributed by atoms with Gasteiger partial charge in [0.1, 0.15) is 11.5 Å². The number of ether oxygens (including phenoxy) is 1. The van der Waals surface area contributed by atoms with Crippen molar-refractivity contribution in [3.63, 3.8) is 0 Å². The van der Waals surface area contributed by atoms with Crippen molar-refractivity contribution in [2.24, 2.45) is 5.41 Å². The third-order valence-electron chi connectivity index (χ3n) is 3.94. The molecule has 3 rings (SSSR count). The van der Waals surface area contributed by atoms with Crippen LogP contribution >= 0.6 is 0 Å². The normalized spacial score (nSPS) is 20.9. The Morgan fingerprint density at radius 1 is 1.27 bits per heavy atom. The highest BCUT2D eigenvalue weighted by Gasteiger charge is 2.46. The number of phenols is 1. The number of aromatic hydroxyl groups is 1. The SMILES string of the molecule is Cc1c(O)cc2c(c1C)OCC1(CC1)C2. The fourth-order valence-electron chi connectivity index (χ4n) is 2.45. The summed E-state index contributed by atoms with van der Waals surface area (Å²) in [4.78, 5) is 0. The molecular weight excluding hydrogens is 188 g/mol. The van der Waals surface area contributed by atoms with Crippen molar-refractivity contribution in [3.8, 4) is 11.5 Å². The Bertz CT molecular complexity index is 431. The van der Waals surface area contributed by atoms with E-state index in [0.29, 0.717) is 11.2 Å². The van der Waals surface area contributed by atoms with Gasteiger partial charge in [0.25, 0.3) is 0 Å². The molecule has 2 aliphatic rings. The molecule has 0 atom stereocenters. The number of rotatable bonds is 0. The molecule has 1 spiro atoms. The van der Waals surface area contributed by atoms with Crippen molar-refractivity contribution in [3.05, 3.63) is 22.8 Å². The van der Waals surface area contributed by atoms with E-state index in [-0.39, 0.29) is 0 Å². The summed E-state index contributed by atoms with van der Waals surface area (Å²) in [6, 6.07) is 1.89. The predicted molar refractivity (Wildman–Crippen MR) is 58.4 cm³/mol. The van der Waals surface area contributed by atoms with Crippen LogP contribution in [0.3, 0.4) is 0 Å². The lowest BCUT2D eigenvalue weighted by Crippen LogP contribution is -2.22. The van der Waals surface area contributed by atoms with E-state index in [1.54, 1.807) is 0 Å². The Morgan fingerprint density at radius 2 is 2.00 bits per heavy atom. The summed E-state index contributed by atoms with van der Waals surface area (Å²) in [5, 5.41) is 9.79. The molecule has 2 nitrogen and oxygen atoms in total. The van der Waals surface area contributed by atoms with Crippen LogP contribution in [0, 0.1) is 19.3 Å². The van der Waals surface area contributed by atoms with Crippen LogP contribution < -0.4 is 4.74 Å². The molecule has 80 valence electrons. The molecule has 2 heteroatoms. The quantitative estimate of drug-likeness (QED) is 0.704. The van der Waals surface area contributed by atoms with Gasteiger partial charge in [-0.1, -0.05) is 0 Å². The number of benzene rings is 1. The average molecular weight is 204 g/mol. The lowest BCUT2D eigenvalue weighted by Gasteiger charge is -2.27. The molecule has 1 saturated carbocycles. The number of hydrogen-bond donors (Lipinski definition) is 1. The second-order valence-electron chi connectivity index (χ2n) is 5.10. The van der Waals surface area contributed by atoms with Gasteiger partial charge in [0.2, 0.25) is 0 Å². The summed E-state index contributed by atoms with van der Waals surface area (Å²) in [7, 11) is 0. The fraction of sp³-hybridized carbons (Fsp3) is 0.538. The van der Waals surface area contributed by atoms with Gasteiger partial charge in [-0.25, -0.2) is 0 Å². The summed E-state index contributed by atoms with van der Waals surface area (Å²) < 4.78 is 5.86. The molecule has 1 aromatic carbocycles. The summed E-state index contributed by atoms with van der Waals surface area (Å²) in [6.07, 6.45) is 3.64. The zero-order valence-corrected chi connectivity index (χ0v) is 9.26. The van der Waals surface area contributed by atoms with E-state index in [1.807, 2.05) is 19.9 Å². The monoisotopic (exact) mass is 204 g/mol. The molecule has 1 heterocycles. The van der Waals surface area contributed by atoms with Gasteiger partial charge in [0, 0.05) is 5.41 Å². The maximum Gasteiger partial charge on any atom is 0.125 e. The first-order valence-corrected chi connectivity index (χ1v) is 5.56. The van der Waals surface area contributed by atoms with Crippen LogP contribution in [0.15, 0.2) is 6.07 Å². The summed E-state index contributed by atoms with van der Waals surface area (Å²) in [5.41, 5.74) is 3.65. The van der Waals surface area contributed by atoms with Crippen molar-refractivity contribution < 1.29 is 9.84 Å². The molecule has 1 aliphatic heterocycles. The van der Waals surface area contributed by atoms with Crippen LogP contribution in [0.2, 0.25) is 0 Å². The van der Waals surface area contributed by atoms with E-state index in [2.05, 4.69) is 0 Å². The Balaban J connectivity index is 2.11. The zero-order chi connectivity index (χ0) is 10.6. The second-order valence-corrected chi connectivity index (χ2v) is 5.10. The van der Waals surface area contributed by atoms with Gasteiger partial charge in [-0.3, -0.25) is 0 Å². The standard InChI is InChI=1S/C13H16O2/c1-8-9(2)12-10(5-11(8)14)6-13(3-4-13)7-15-12/h5,14H,3-4,6-7H2,1-2H3. The molecule has 1 N–H and O–H groups in total. The van der Waals surface area contributed by atoms with Crippen molar-refractivity contribution in [1.82, 2.24) is 0 Å². The maximum absolute atomic E-state index is 9.79. The van der Waals surface area contributed by atoms with Gasteiger partial charge in [-0.2, -0.15) is 0 Å². The Hall–Kier alpha value is -1.18. The van der Waals surface area contributed by atoms with Crippen LogP contribution in [0.1, 0.15) is 29.5 Å². The topological polar surface area (TPSA) is 29.5 Å². The minimum absolute atomic E-state index is 0.410. The Kier molecular flexibility index (Phi) is 1.63. The molecule has 0 amide bonds. The van der Waals surface area contributed by atoms with Gasteiger partial charge in [0.15, 0.2) is 0 Å². The first-order chi connectivity index (χ1) is 7.11. The molecule has 0 bridgehead atoms. The van der Waals surface area contributed by atoms with Crippen LogP contribution in [0.25, 0.3) is 0 Å². The van der Waals surface area contributed by atoms with Crippen LogP contribution in [-0.2, 0) is 6.42 Å². The first kappa shape index (κ1) is 9.08. The largest absolute Gasteiger partial charge is 0.508 e. The molecule has 1 fully saturated rings. The highest BCUT2D eigenvalue weighted by Crippen LogP contribution is 2.53. The smallest absolute Gasteiger partial charge is 0.125 e. The average Bonchev–Trinajstić information content (AvgIpc) is 2.94. The van der Waals surface area contributed by atoms with Crippen LogP contribution in [-0.4, -0.2) is 11.7 Å². The van der Waals surface area contributed by atoms with Gasteiger partial charge >= 0.3 is 0 Å². The summed E-state index contributed by atoms with van der Waals surface area (Å²) >= 11 is 0. The molecular formula is C13H16O2. The molecule has 0 aromatic heterocycles. The second kappa shape index (κ2) is 2.69. The Labute approximate surface area is 89.9 Å². The molecule has 1 aromatic rings. The third kappa shape index (κ3) is 1.24. The lowest BCUT2D eigenvalue weighted by atomic mass is 9.91. The van der Waals surface area contributed by atoms with Crippen molar-refractivity contribution in [1.29, 1.82) is 0 Å². The van der Waals surface area contributed by atoms with Crippen molar-refractivity contribution in [2.75, 3.05) is 6.61 Å². The highest BCUT2D eigenvalue weighted by molar-refractivity contribution is 5.53. The van der Waals surface area contributed by atoms with E-state index in [4.69, 9.17) is 4.74 Å². The van der Waals surface area contributed by atoms with E-state index in [1.165, 1.54) is 18.4 Å². The Morgan fingerprint density at radius 3 is 2.67 bits per heavy atom. The van der Waals surface area contributed by atoms with Crippen LogP contribution in [0.5, 0.6) is 11.5 Å². The van der Waals surface area contributed by atoms with E-state index in [9.17, 15) is 5.11 Å². The highest BCUT2D eigenvalue weighted by atomic mass is 16.5. The van der Waals surface area contributed by atoms with Crippen molar-refractivity contribution in [2.45, 2.75) is 33.1 Å². The summed E-state index contributed by atoms with van der Waals surface area (Å²) in [6.45, 7) is 4.83. The van der Waals surface area contributed by atoms with Crippen LogP contribution in [0.4, 0.5) is 0 Å². The third-order valence-corrected chi connectivity index (χ3v) is 3.94. The molecule has 1 aliphatic carbocycles. The zero-order valence-electron chi connectivity index (χ0n) is 9.26. The van der Waals surface area contributed by atoms with Gasteiger partial charge in [-0.15, -0.1) is 0 Å².